The largest absolute Gasteiger partial charge is 0.370 e. The van der Waals surface area contributed by atoms with Crippen molar-refractivity contribution in [2.75, 3.05) is 6.54 Å². The second kappa shape index (κ2) is 6.81. The van der Waals surface area contributed by atoms with Gasteiger partial charge in [0.25, 0.3) is 0 Å². The van der Waals surface area contributed by atoms with Crippen molar-refractivity contribution in [3.8, 4) is 5.69 Å². The van der Waals surface area contributed by atoms with E-state index in [1.54, 1.807) is 16.8 Å². The van der Waals surface area contributed by atoms with E-state index in [4.69, 9.17) is 5.73 Å². The summed E-state index contributed by atoms with van der Waals surface area (Å²) in [6.07, 6.45) is 5.80. The molecule has 5 nitrogen and oxygen atoms in total. The Balaban J connectivity index is 1.62. The quantitative estimate of drug-likeness (QED) is 0.658. The number of nitrogens with two attached hydrogens (primary N) is 1. The minimum Gasteiger partial charge on any atom is -0.370 e. The molecule has 0 bridgehead atoms. The number of aromatic nitrogens is 2. The first kappa shape index (κ1) is 15.5. The van der Waals surface area contributed by atoms with Crippen LogP contribution in [0.3, 0.4) is 0 Å². The summed E-state index contributed by atoms with van der Waals surface area (Å²) in [6.45, 7) is 3.32. The third-order valence-corrected chi connectivity index (χ3v) is 4.31. The molecule has 0 saturated heterocycles. The van der Waals surface area contributed by atoms with Gasteiger partial charge in [-0.15, -0.1) is 0 Å². The van der Waals surface area contributed by atoms with Gasteiger partial charge in [0.05, 0.1) is 17.9 Å². The number of nitrogens with zero attached hydrogens (tertiary/aromatic N) is 3. The van der Waals surface area contributed by atoms with Crippen LogP contribution in [0.25, 0.3) is 5.69 Å². The molecular weight excluding hydrogens is 293 g/mol. The molecule has 1 fully saturated rings. The summed E-state index contributed by atoms with van der Waals surface area (Å²) >= 11 is 0. The van der Waals surface area contributed by atoms with Gasteiger partial charge in [-0.2, -0.15) is 5.10 Å². The number of aliphatic imine (C=N–C) groups is 1. The van der Waals surface area contributed by atoms with Crippen LogP contribution in [-0.4, -0.2) is 22.3 Å². The van der Waals surface area contributed by atoms with Crippen molar-refractivity contribution in [2.45, 2.75) is 32.7 Å². The molecule has 3 N–H and O–H groups in total. The number of rotatable bonds is 5. The monoisotopic (exact) mass is 315 g/mol. The molecule has 0 unspecified atom stereocenters. The van der Waals surface area contributed by atoms with Crippen LogP contribution < -0.4 is 11.1 Å². The maximum atomic E-state index is 13.0. The molecule has 1 saturated carbocycles. The van der Waals surface area contributed by atoms with Crippen LogP contribution in [0, 0.1) is 18.7 Å². The van der Waals surface area contributed by atoms with E-state index in [2.05, 4.69) is 15.4 Å². The smallest absolute Gasteiger partial charge is 0.188 e. The molecule has 0 radical (unpaired) electrons. The second-order valence-electron chi connectivity index (χ2n) is 6.04. The van der Waals surface area contributed by atoms with E-state index in [-0.39, 0.29) is 5.82 Å². The van der Waals surface area contributed by atoms with Gasteiger partial charge in [0, 0.05) is 18.3 Å². The zero-order valence-electron chi connectivity index (χ0n) is 13.3. The number of benzene rings is 1. The van der Waals surface area contributed by atoms with Gasteiger partial charge in [-0.25, -0.2) is 14.1 Å². The number of aryl methyl sites for hydroxylation is 1. The fourth-order valence-corrected chi connectivity index (χ4v) is 2.55. The van der Waals surface area contributed by atoms with Crippen LogP contribution in [0.2, 0.25) is 0 Å². The first-order valence-corrected chi connectivity index (χ1v) is 7.96. The average molecular weight is 315 g/mol. The maximum Gasteiger partial charge on any atom is 0.188 e. The van der Waals surface area contributed by atoms with E-state index >= 15 is 0 Å². The molecule has 6 heteroatoms. The van der Waals surface area contributed by atoms with E-state index in [0.29, 0.717) is 12.5 Å². The Morgan fingerprint density at radius 3 is 2.78 bits per heavy atom. The number of halogens is 1. The molecule has 122 valence electrons. The van der Waals surface area contributed by atoms with Crippen molar-refractivity contribution in [1.29, 1.82) is 0 Å². The van der Waals surface area contributed by atoms with Crippen molar-refractivity contribution in [3.05, 3.63) is 47.5 Å². The SMILES string of the molecule is Cc1nn(-c2ccc(F)cc2)cc1CN=C(N)NCC1CCC1. The standard InChI is InChI=1S/C17H22FN5/c1-12-14(10-21-17(19)20-9-13-3-2-4-13)11-23(22-12)16-7-5-15(18)6-8-16/h5-8,11,13H,2-4,9-10H2,1H3,(H3,19,20,21). The Bertz CT molecular complexity index is 686. The molecule has 0 aliphatic heterocycles. The molecule has 1 aliphatic rings. The van der Waals surface area contributed by atoms with Gasteiger partial charge in [0.1, 0.15) is 5.82 Å². The third-order valence-electron chi connectivity index (χ3n) is 4.31. The summed E-state index contributed by atoms with van der Waals surface area (Å²) in [5.41, 5.74) is 8.62. The van der Waals surface area contributed by atoms with Crippen LogP contribution in [0.15, 0.2) is 35.5 Å². The number of nitrogens with one attached hydrogen (secondary N) is 1. The van der Waals surface area contributed by atoms with Crippen molar-refractivity contribution >= 4 is 5.96 Å². The highest BCUT2D eigenvalue weighted by Gasteiger charge is 2.16. The molecule has 1 aliphatic carbocycles. The van der Waals surface area contributed by atoms with Crippen molar-refractivity contribution in [2.24, 2.45) is 16.6 Å². The predicted octanol–water partition coefficient (Wildman–Crippen LogP) is 2.52. The van der Waals surface area contributed by atoms with Crippen molar-refractivity contribution in [3.63, 3.8) is 0 Å². The van der Waals surface area contributed by atoms with Crippen molar-refractivity contribution in [1.82, 2.24) is 15.1 Å². The minimum absolute atomic E-state index is 0.257. The Morgan fingerprint density at radius 1 is 1.39 bits per heavy atom. The molecule has 1 heterocycles. The lowest BCUT2D eigenvalue weighted by atomic mass is 9.85. The average Bonchev–Trinajstić information content (AvgIpc) is 2.85. The molecule has 1 aromatic carbocycles. The third kappa shape index (κ3) is 3.88. The first-order chi connectivity index (χ1) is 11.1. The van der Waals surface area contributed by atoms with Gasteiger partial charge < -0.3 is 11.1 Å². The van der Waals surface area contributed by atoms with E-state index in [9.17, 15) is 4.39 Å². The topological polar surface area (TPSA) is 68.2 Å². The lowest BCUT2D eigenvalue weighted by molar-refractivity contribution is 0.315. The van der Waals surface area contributed by atoms with Gasteiger partial charge in [0.15, 0.2) is 5.96 Å². The summed E-state index contributed by atoms with van der Waals surface area (Å²) in [5.74, 6) is 0.963. The van der Waals surface area contributed by atoms with Crippen LogP contribution in [0.1, 0.15) is 30.5 Å². The molecule has 23 heavy (non-hydrogen) atoms. The first-order valence-electron chi connectivity index (χ1n) is 7.96. The zero-order chi connectivity index (χ0) is 16.2. The number of hydrogen-bond acceptors (Lipinski definition) is 2. The van der Waals surface area contributed by atoms with E-state index < -0.39 is 0 Å². The van der Waals surface area contributed by atoms with Gasteiger partial charge in [-0.05, 0) is 49.9 Å². The van der Waals surface area contributed by atoms with Gasteiger partial charge in [0.2, 0.25) is 0 Å². The Hall–Kier alpha value is -2.37. The fourth-order valence-electron chi connectivity index (χ4n) is 2.55. The molecule has 0 amide bonds. The van der Waals surface area contributed by atoms with E-state index in [1.165, 1.54) is 31.4 Å². The Kier molecular flexibility index (Phi) is 4.60. The summed E-state index contributed by atoms with van der Waals surface area (Å²) < 4.78 is 14.7. The number of guanidine groups is 1. The second-order valence-corrected chi connectivity index (χ2v) is 6.04. The van der Waals surface area contributed by atoms with E-state index in [1.807, 2.05) is 13.1 Å². The normalized spacial score (nSPS) is 15.5. The molecule has 3 rings (SSSR count). The highest BCUT2D eigenvalue weighted by Crippen LogP contribution is 2.25. The lowest BCUT2D eigenvalue weighted by Gasteiger charge is -2.25. The predicted molar refractivity (Wildman–Crippen MR) is 88.9 cm³/mol. The lowest BCUT2D eigenvalue weighted by Crippen LogP contribution is -2.37. The maximum absolute atomic E-state index is 13.0. The van der Waals surface area contributed by atoms with Crippen LogP contribution in [0.4, 0.5) is 4.39 Å². The molecule has 0 spiro atoms. The summed E-state index contributed by atoms with van der Waals surface area (Å²) in [6, 6.07) is 6.24. The van der Waals surface area contributed by atoms with Crippen LogP contribution in [-0.2, 0) is 6.54 Å². The van der Waals surface area contributed by atoms with E-state index in [0.717, 1.165) is 29.4 Å². The summed E-state index contributed by atoms with van der Waals surface area (Å²) in [4.78, 5) is 4.38. The summed E-state index contributed by atoms with van der Waals surface area (Å²) in [5, 5.41) is 7.63. The Labute approximate surface area is 135 Å². The molecule has 1 aromatic heterocycles. The number of hydrogen-bond donors (Lipinski definition) is 2. The molecule has 0 atom stereocenters. The van der Waals surface area contributed by atoms with Gasteiger partial charge in [-0.3, -0.25) is 0 Å². The summed E-state index contributed by atoms with van der Waals surface area (Å²) in [7, 11) is 0. The highest BCUT2D eigenvalue weighted by atomic mass is 19.1. The fraction of sp³-hybridized carbons (Fsp3) is 0.412. The van der Waals surface area contributed by atoms with Gasteiger partial charge in [-0.1, -0.05) is 6.42 Å². The minimum atomic E-state index is -0.257. The molecular formula is C17H22FN5. The van der Waals surface area contributed by atoms with Crippen LogP contribution >= 0.6 is 0 Å². The molecule has 2 aromatic rings. The van der Waals surface area contributed by atoms with Crippen molar-refractivity contribution < 1.29 is 4.39 Å². The van der Waals surface area contributed by atoms with Crippen LogP contribution in [0.5, 0.6) is 0 Å². The van der Waals surface area contributed by atoms with Gasteiger partial charge >= 0.3 is 0 Å². The Morgan fingerprint density at radius 2 is 2.13 bits per heavy atom. The highest BCUT2D eigenvalue weighted by molar-refractivity contribution is 5.77. The zero-order valence-corrected chi connectivity index (χ0v) is 13.3.